The normalized spacial score (nSPS) is 11.3. The molecular weight excluding hydrogens is 304 g/mol. The molecule has 22 heavy (non-hydrogen) atoms. The van der Waals surface area contributed by atoms with Crippen molar-refractivity contribution in [1.82, 2.24) is 9.97 Å². The van der Waals surface area contributed by atoms with E-state index in [9.17, 15) is 22.4 Å². The third-order valence-corrected chi connectivity index (χ3v) is 2.65. The fraction of sp³-hybridized carbons (Fsp3) is 0.214. The number of ether oxygens (including phenoxy) is 1. The van der Waals surface area contributed by atoms with Gasteiger partial charge in [0.1, 0.15) is 5.82 Å². The fourth-order valence-corrected chi connectivity index (χ4v) is 1.69. The zero-order valence-electron chi connectivity index (χ0n) is 11.3. The second-order valence-corrected chi connectivity index (χ2v) is 4.23. The maximum Gasteiger partial charge on any atom is 0.434 e. The predicted molar refractivity (Wildman–Crippen MR) is 68.4 cm³/mol. The number of benzene rings is 1. The van der Waals surface area contributed by atoms with Gasteiger partial charge >= 0.3 is 12.1 Å². The lowest BCUT2D eigenvalue weighted by Gasteiger charge is -2.07. The van der Waals surface area contributed by atoms with Gasteiger partial charge in [-0.25, -0.2) is 14.2 Å². The minimum Gasteiger partial charge on any atom is -0.462 e. The molecule has 0 aliphatic heterocycles. The molecule has 0 N–H and O–H groups in total. The summed E-state index contributed by atoms with van der Waals surface area (Å²) in [6.07, 6.45) is -3.19. The summed E-state index contributed by atoms with van der Waals surface area (Å²) in [5, 5.41) is 0. The van der Waals surface area contributed by atoms with Gasteiger partial charge < -0.3 is 4.74 Å². The van der Waals surface area contributed by atoms with Crippen molar-refractivity contribution in [2.45, 2.75) is 13.1 Å². The van der Waals surface area contributed by atoms with Gasteiger partial charge in [0, 0.05) is 5.56 Å². The molecule has 4 nitrogen and oxygen atoms in total. The number of nitrogens with zero attached hydrogens (tertiary/aromatic N) is 2. The van der Waals surface area contributed by atoms with Gasteiger partial charge in [0.15, 0.2) is 5.69 Å². The predicted octanol–water partition coefficient (Wildman–Crippen LogP) is 3.48. The van der Waals surface area contributed by atoms with Crippen LogP contribution in [0.1, 0.15) is 23.0 Å². The SMILES string of the molecule is CCOC(=O)c1cc(F)cc(-c2cnc(C(F)(F)F)cn2)c1. The first-order chi connectivity index (χ1) is 10.3. The Morgan fingerprint density at radius 1 is 1.18 bits per heavy atom. The molecule has 1 heterocycles. The summed E-state index contributed by atoms with van der Waals surface area (Å²) in [5.41, 5.74) is -1.07. The Balaban J connectivity index is 2.38. The van der Waals surface area contributed by atoms with E-state index in [1.165, 1.54) is 6.07 Å². The molecule has 0 aliphatic carbocycles. The lowest BCUT2D eigenvalue weighted by atomic mass is 10.1. The van der Waals surface area contributed by atoms with Crippen LogP contribution in [0.15, 0.2) is 30.6 Å². The number of alkyl halides is 3. The van der Waals surface area contributed by atoms with Crippen LogP contribution in [0.3, 0.4) is 0 Å². The first-order valence-corrected chi connectivity index (χ1v) is 6.18. The maximum absolute atomic E-state index is 13.5. The topological polar surface area (TPSA) is 52.1 Å². The van der Waals surface area contributed by atoms with Gasteiger partial charge in [-0.3, -0.25) is 4.98 Å². The molecule has 2 rings (SSSR count). The average Bonchev–Trinajstić information content (AvgIpc) is 2.46. The summed E-state index contributed by atoms with van der Waals surface area (Å²) in [5.74, 6) is -1.47. The number of carbonyl (C=O) groups is 1. The third kappa shape index (κ3) is 3.57. The van der Waals surface area contributed by atoms with Crippen LogP contribution >= 0.6 is 0 Å². The molecule has 2 aromatic rings. The summed E-state index contributed by atoms with van der Waals surface area (Å²) < 4.78 is 55.5. The number of rotatable bonds is 3. The Morgan fingerprint density at radius 3 is 2.45 bits per heavy atom. The van der Waals surface area contributed by atoms with Crippen molar-refractivity contribution in [1.29, 1.82) is 0 Å². The minimum atomic E-state index is -4.61. The smallest absolute Gasteiger partial charge is 0.434 e. The van der Waals surface area contributed by atoms with E-state index < -0.39 is 23.7 Å². The summed E-state index contributed by atoms with van der Waals surface area (Å²) in [6, 6.07) is 3.29. The number of esters is 1. The quantitative estimate of drug-likeness (QED) is 0.643. The van der Waals surface area contributed by atoms with Gasteiger partial charge in [0.2, 0.25) is 0 Å². The molecule has 0 saturated heterocycles. The van der Waals surface area contributed by atoms with Crippen molar-refractivity contribution in [3.05, 3.63) is 47.7 Å². The van der Waals surface area contributed by atoms with E-state index in [0.717, 1.165) is 18.3 Å². The van der Waals surface area contributed by atoms with Crippen molar-refractivity contribution in [3.8, 4) is 11.3 Å². The first-order valence-electron chi connectivity index (χ1n) is 6.18. The highest BCUT2D eigenvalue weighted by molar-refractivity contribution is 5.90. The van der Waals surface area contributed by atoms with Crippen molar-refractivity contribution < 1.29 is 27.1 Å². The molecule has 0 spiro atoms. The third-order valence-electron chi connectivity index (χ3n) is 2.65. The first kappa shape index (κ1) is 15.9. The van der Waals surface area contributed by atoms with E-state index in [1.807, 2.05) is 0 Å². The van der Waals surface area contributed by atoms with Crippen LogP contribution in [0.5, 0.6) is 0 Å². The van der Waals surface area contributed by atoms with E-state index in [4.69, 9.17) is 4.74 Å². The van der Waals surface area contributed by atoms with E-state index in [0.29, 0.717) is 6.20 Å². The Bertz CT molecular complexity index is 684. The van der Waals surface area contributed by atoms with Crippen LogP contribution in [-0.4, -0.2) is 22.5 Å². The van der Waals surface area contributed by atoms with E-state index in [-0.39, 0.29) is 23.4 Å². The summed E-state index contributed by atoms with van der Waals surface area (Å²) >= 11 is 0. The molecule has 0 amide bonds. The maximum atomic E-state index is 13.5. The fourth-order valence-electron chi connectivity index (χ4n) is 1.69. The average molecular weight is 314 g/mol. The molecule has 0 aliphatic rings. The molecule has 0 bridgehead atoms. The molecule has 116 valence electrons. The number of halogens is 4. The Kier molecular flexibility index (Phi) is 4.39. The van der Waals surface area contributed by atoms with Crippen molar-refractivity contribution in [2.75, 3.05) is 6.61 Å². The second-order valence-electron chi connectivity index (χ2n) is 4.23. The molecule has 1 aromatic carbocycles. The lowest BCUT2D eigenvalue weighted by Crippen LogP contribution is -2.08. The van der Waals surface area contributed by atoms with Crippen LogP contribution < -0.4 is 0 Å². The molecule has 1 aromatic heterocycles. The second kappa shape index (κ2) is 6.08. The summed E-state index contributed by atoms with van der Waals surface area (Å²) in [6.45, 7) is 1.71. The summed E-state index contributed by atoms with van der Waals surface area (Å²) in [7, 11) is 0. The van der Waals surface area contributed by atoms with Crippen molar-refractivity contribution >= 4 is 5.97 Å². The highest BCUT2D eigenvalue weighted by atomic mass is 19.4. The van der Waals surface area contributed by atoms with E-state index >= 15 is 0 Å². The van der Waals surface area contributed by atoms with Crippen LogP contribution in [0, 0.1) is 5.82 Å². The number of hydrogen-bond acceptors (Lipinski definition) is 4. The number of hydrogen-bond donors (Lipinski definition) is 0. The zero-order valence-corrected chi connectivity index (χ0v) is 11.3. The monoisotopic (exact) mass is 314 g/mol. The standard InChI is InChI=1S/C14H10F4N2O2/c1-2-22-13(21)9-3-8(4-10(15)5-9)11-6-20-12(7-19-11)14(16,17)18/h3-7H,2H2,1H3. The van der Waals surface area contributed by atoms with Gasteiger partial charge in [-0.15, -0.1) is 0 Å². The molecule has 0 saturated carbocycles. The van der Waals surface area contributed by atoms with E-state index in [1.54, 1.807) is 6.92 Å². The Labute approximate surface area is 122 Å². The van der Waals surface area contributed by atoms with Crippen LogP contribution in [-0.2, 0) is 10.9 Å². The van der Waals surface area contributed by atoms with Gasteiger partial charge in [0.05, 0.1) is 30.3 Å². The number of carbonyl (C=O) groups excluding carboxylic acids is 1. The Morgan fingerprint density at radius 2 is 1.91 bits per heavy atom. The molecule has 0 radical (unpaired) electrons. The van der Waals surface area contributed by atoms with Gasteiger partial charge in [0.25, 0.3) is 0 Å². The number of aromatic nitrogens is 2. The Hall–Kier alpha value is -2.51. The van der Waals surface area contributed by atoms with E-state index in [2.05, 4.69) is 9.97 Å². The van der Waals surface area contributed by atoms with Gasteiger partial charge in [-0.2, -0.15) is 13.2 Å². The van der Waals surface area contributed by atoms with Crippen molar-refractivity contribution in [3.63, 3.8) is 0 Å². The van der Waals surface area contributed by atoms with Crippen LogP contribution in [0.4, 0.5) is 17.6 Å². The van der Waals surface area contributed by atoms with Gasteiger partial charge in [-0.1, -0.05) is 0 Å². The van der Waals surface area contributed by atoms with Crippen LogP contribution in [0.25, 0.3) is 11.3 Å². The van der Waals surface area contributed by atoms with Gasteiger partial charge in [-0.05, 0) is 25.1 Å². The summed E-state index contributed by atoms with van der Waals surface area (Å²) in [4.78, 5) is 18.4. The highest BCUT2D eigenvalue weighted by Gasteiger charge is 2.32. The molecule has 0 unspecified atom stereocenters. The molecular formula is C14H10F4N2O2. The molecule has 0 atom stereocenters. The largest absolute Gasteiger partial charge is 0.462 e. The zero-order chi connectivity index (χ0) is 16.3. The lowest BCUT2D eigenvalue weighted by molar-refractivity contribution is -0.141. The highest BCUT2D eigenvalue weighted by Crippen LogP contribution is 2.28. The molecule has 8 heteroatoms. The minimum absolute atomic E-state index is 0.0121. The molecule has 0 fully saturated rings. The van der Waals surface area contributed by atoms with Crippen molar-refractivity contribution in [2.24, 2.45) is 0 Å². The van der Waals surface area contributed by atoms with Crippen LogP contribution in [0.2, 0.25) is 0 Å².